The van der Waals surface area contributed by atoms with Crippen LogP contribution in [-0.2, 0) is 19.2 Å². The zero-order chi connectivity index (χ0) is 18.2. The second-order valence-electron chi connectivity index (χ2n) is 4.90. The van der Waals surface area contributed by atoms with Crippen LogP contribution in [0.3, 0.4) is 0 Å². The molecule has 0 aliphatic carbocycles. The minimum atomic E-state index is -3.25. The maximum absolute atomic E-state index is 12.0. The number of hydrogen-bond acceptors (Lipinski definition) is 6. The van der Waals surface area contributed by atoms with Crippen molar-refractivity contribution in [2.75, 3.05) is 11.5 Å². The van der Waals surface area contributed by atoms with Gasteiger partial charge in [0.1, 0.15) is 12.0 Å². The molecule has 0 aliphatic heterocycles. The Morgan fingerprint density at radius 2 is 1.65 bits per heavy atom. The van der Waals surface area contributed by atoms with E-state index in [1.54, 1.807) is 0 Å². The van der Waals surface area contributed by atoms with Gasteiger partial charge in [-0.05, 0) is 31.3 Å². The van der Waals surface area contributed by atoms with Gasteiger partial charge in [-0.2, -0.15) is 11.8 Å². The highest BCUT2D eigenvalue weighted by molar-refractivity contribution is 7.99. The van der Waals surface area contributed by atoms with E-state index in [1.165, 1.54) is 11.8 Å². The summed E-state index contributed by atoms with van der Waals surface area (Å²) in [6.45, 7) is 2.80. The van der Waals surface area contributed by atoms with Crippen LogP contribution < -0.4 is 5.32 Å². The largest absolute Gasteiger partial charge is 0.481 e. The molecule has 0 aromatic heterocycles. The molecule has 0 saturated carbocycles. The van der Waals surface area contributed by atoms with E-state index < -0.39 is 41.4 Å². The van der Waals surface area contributed by atoms with E-state index in [0.717, 1.165) is 19.1 Å². The van der Waals surface area contributed by atoms with Gasteiger partial charge in [-0.1, -0.05) is 6.92 Å². The lowest BCUT2D eigenvalue weighted by Gasteiger charge is -2.27. The molecule has 9 nitrogen and oxygen atoms in total. The number of carbonyl (C=O) groups excluding carboxylic acids is 1. The average molecular weight is 351 g/mol. The lowest BCUT2D eigenvalue weighted by Crippen LogP contribution is -2.61. The molecule has 23 heavy (non-hydrogen) atoms. The second-order valence-corrected chi connectivity index (χ2v) is 6.12. The summed E-state index contributed by atoms with van der Waals surface area (Å²) in [5, 5.41) is 38.7. The zero-order valence-electron chi connectivity index (χ0n) is 12.8. The zero-order valence-corrected chi connectivity index (χ0v) is 13.6. The van der Waals surface area contributed by atoms with Crippen molar-refractivity contribution >= 4 is 35.6 Å². The number of carbonyl (C=O) groups is 4. The molecule has 10 heteroatoms. The predicted molar refractivity (Wildman–Crippen MR) is 81.2 cm³/mol. The van der Waals surface area contributed by atoms with E-state index in [0.29, 0.717) is 5.75 Å². The van der Waals surface area contributed by atoms with Gasteiger partial charge in [0.15, 0.2) is 0 Å². The first-order valence-corrected chi connectivity index (χ1v) is 8.04. The van der Waals surface area contributed by atoms with E-state index in [1.807, 2.05) is 12.2 Å². The van der Waals surface area contributed by atoms with Gasteiger partial charge in [0, 0.05) is 0 Å². The molecular formula is C13H21NO8S. The smallest absolute Gasteiger partial charge is 0.346 e. The van der Waals surface area contributed by atoms with Gasteiger partial charge in [-0.15, -0.1) is 0 Å². The third kappa shape index (κ3) is 5.71. The molecule has 5 N–H and O–H groups in total. The number of aliphatic carboxylic acids is 3. The Morgan fingerprint density at radius 3 is 2.04 bits per heavy atom. The first-order valence-electron chi connectivity index (χ1n) is 6.89. The maximum atomic E-state index is 12.0. The molecule has 0 rings (SSSR count). The maximum Gasteiger partial charge on any atom is 0.346 e. The molecule has 132 valence electrons. The highest BCUT2D eigenvalue weighted by atomic mass is 32.2. The number of thioether (sulfide) groups is 1. The molecule has 0 saturated heterocycles. The van der Waals surface area contributed by atoms with E-state index in [9.17, 15) is 24.3 Å². The SMILES string of the molecule is CCCSCCC(NC(=O)C(O)(C(=O)O)C(C)C(=O)O)C(=O)O. The molecule has 0 spiro atoms. The number of carboxylic acid groups (broad SMARTS) is 3. The molecule has 3 unspecified atom stereocenters. The molecule has 0 fully saturated rings. The summed E-state index contributed by atoms with van der Waals surface area (Å²) >= 11 is 1.46. The van der Waals surface area contributed by atoms with E-state index in [4.69, 9.17) is 15.3 Å². The molecular weight excluding hydrogens is 330 g/mol. The molecule has 0 aliphatic rings. The van der Waals surface area contributed by atoms with Crippen LogP contribution in [0.1, 0.15) is 26.7 Å². The third-order valence-electron chi connectivity index (χ3n) is 3.17. The molecule has 0 radical (unpaired) electrons. The van der Waals surface area contributed by atoms with Crippen LogP contribution >= 0.6 is 11.8 Å². The summed E-state index contributed by atoms with van der Waals surface area (Å²) in [6, 6.07) is -1.42. The summed E-state index contributed by atoms with van der Waals surface area (Å²) < 4.78 is 0. The van der Waals surface area contributed by atoms with Gasteiger partial charge < -0.3 is 25.7 Å². The molecule has 0 heterocycles. The standard InChI is InChI=1S/C13H21NO8S/c1-3-5-23-6-4-8(10(17)18)14-11(19)13(22,12(20)21)7(2)9(15)16/h7-8,22H,3-6H2,1-2H3,(H,14,19)(H,15,16)(H,17,18)(H,20,21). The lowest BCUT2D eigenvalue weighted by molar-refractivity contribution is -0.179. The van der Waals surface area contributed by atoms with Crippen LogP contribution in [-0.4, -0.2) is 67.4 Å². The highest BCUT2D eigenvalue weighted by Gasteiger charge is 2.53. The van der Waals surface area contributed by atoms with Crippen LogP contribution in [0.5, 0.6) is 0 Å². The van der Waals surface area contributed by atoms with Crippen molar-refractivity contribution in [2.24, 2.45) is 5.92 Å². The summed E-state index contributed by atoms with van der Waals surface area (Å²) in [6.07, 6.45) is 0.909. The van der Waals surface area contributed by atoms with Gasteiger partial charge in [0.2, 0.25) is 0 Å². The van der Waals surface area contributed by atoms with Gasteiger partial charge >= 0.3 is 17.9 Å². The Kier molecular flexibility index (Phi) is 8.62. The minimum Gasteiger partial charge on any atom is -0.481 e. The Hall–Kier alpha value is -1.81. The highest BCUT2D eigenvalue weighted by Crippen LogP contribution is 2.19. The van der Waals surface area contributed by atoms with Gasteiger partial charge in [0.25, 0.3) is 11.5 Å². The topological polar surface area (TPSA) is 161 Å². The number of hydrogen-bond donors (Lipinski definition) is 5. The van der Waals surface area contributed by atoms with Crippen LogP contribution in [0.25, 0.3) is 0 Å². The monoisotopic (exact) mass is 351 g/mol. The Balaban J connectivity index is 5.09. The van der Waals surface area contributed by atoms with Crippen molar-refractivity contribution in [1.29, 1.82) is 0 Å². The fraction of sp³-hybridized carbons (Fsp3) is 0.692. The number of aliphatic hydroxyl groups is 1. The lowest BCUT2D eigenvalue weighted by atomic mass is 9.87. The van der Waals surface area contributed by atoms with Gasteiger partial charge in [0.05, 0.1) is 0 Å². The van der Waals surface area contributed by atoms with Gasteiger partial charge in [-0.3, -0.25) is 9.59 Å². The van der Waals surface area contributed by atoms with Crippen molar-refractivity contribution < 1.29 is 39.6 Å². The van der Waals surface area contributed by atoms with E-state index in [-0.39, 0.29) is 6.42 Å². The average Bonchev–Trinajstić information content (AvgIpc) is 2.47. The van der Waals surface area contributed by atoms with E-state index in [2.05, 4.69) is 0 Å². The molecule has 3 atom stereocenters. The number of carboxylic acids is 3. The molecule has 0 aromatic rings. The van der Waals surface area contributed by atoms with Crippen LogP contribution in [0.2, 0.25) is 0 Å². The predicted octanol–water partition coefficient (Wildman–Crippen LogP) is -0.374. The fourth-order valence-corrected chi connectivity index (χ4v) is 2.53. The summed E-state index contributed by atoms with van der Waals surface area (Å²) in [4.78, 5) is 45.1. The number of rotatable bonds is 11. The summed E-state index contributed by atoms with van der Waals surface area (Å²) in [7, 11) is 0. The van der Waals surface area contributed by atoms with Crippen molar-refractivity contribution in [3.05, 3.63) is 0 Å². The normalized spacial score (nSPS) is 16.0. The third-order valence-corrected chi connectivity index (χ3v) is 4.39. The van der Waals surface area contributed by atoms with Crippen LogP contribution in [0, 0.1) is 5.92 Å². The van der Waals surface area contributed by atoms with Crippen molar-refractivity contribution in [1.82, 2.24) is 5.32 Å². The number of nitrogens with one attached hydrogen (secondary N) is 1. The first-order chi connectivity index (χ1) is 10.6. The Labute approximate surface area is 137 Å². The summed E-state index contributed by atoms with van der Waals surface area (Å²) in [5.41, 5.74) is -3.25. The number of amides is 1. The minimum absolute atomic E-state index is 0.0168. The summed E-state index contributed by atoms with van der Waals surface area (Å²) in [5.74, 6) is -7.46. The Morgan fingerprint density at radius 1 is 1.09 bits per heavy atom. The molecule has 0 aromatic carbocycles. The van der Waals surface area contributed by atoms with Crippen LogP contribution in [0.15, 0.2) is 0 Å². The second kappa shape index (κ2) is 9.36. The fourth-order valence-electron chi connectivity index (χ4n) is 1.63. The van der Waals surface area contributed by atoms with Crippen LogP contribution in [0.4, 0.5) is 0 Å². The van der Waals surface area contributed by atoms with Crippen molar-refractivity contribution in [2.45, 2.75) is 38.3 Å². The van der Waals surface area contributed by atoms with Crippen molar-refractivity contribution in [3.63, 3.8) is 0 Å². The molecule has 1 amide bonds. The van der Waals surface area contributed by atoms with Gasteiger partial charge in [-0.25, -0.2) is 9.59 Å². The first kappa shape index (κ1) is 21.2. The van der Waals surface area contributed by atoms with E-state index >= 15 is 0 Å². The van der Waals surface area contributed by atoms with Crippen molar-refractivity contribution in [3.8, 4) is 0 Å². The quantitative estimate of drug-likeness (QED) is 0.247. The molecule has 0 bridgehead atoms. The Bertz CT molecular complexity index is 469.